The number of methoxy groups -OCH3 is 1. The Morgan fingerprint density at radius 3 is 2.58 bits per heavy atom. The SMILES string of the molecule is COc1cc(CSc2ccc(O)cc2)ccc1C#N. The lowest BCUT2D eigenvalue weighted by Gasteiger charge is -2.06. The zero-order valence-corrected chi connectivity index (χ0v) is 11.3. The number of nitrogens with zero attached hydrogens (tertiary/aromatic N) is 1. The summed E-state index contributed by atoms with van der Waals surface area (Å²) in [5.41, 5.74) is 1.63. The Bertz CT molecular complexity index is 603. The van der Waals surface area contributed by atoms with Crippen LogP contribution in [0.25, 0.3) is 0 Å². The van der Waals surface area contributed by atoms with Gasteiger partial charge in [0, 0.05) is 10.6 Å². The van der Waals surface area contributed by atoms with Crippen molar-refractivity contribution in [1.82, 2.24) is 0 Å². The van der Waals surface area contributed by atoms with E-state index in [1.807, 2.05) is 24.3 Å². The summed E-state index contributed by atoms with van der Waals surface area (Å²) in [6, 6.07) is 14.8. The van der Waals surface area contributed by atoms with Crippen molar-refractivity contribution < 1.29 is 9.84 Å². The Morgan fingerprint density at radius 2 is 1.95 bits per heavy atom. The number of rotatable bonds is 4. The van der Waals surface area contributed by atoms with E-state index in [0.717, 1.165) is 16.2 Å². The predicted molar refractivity (Wildman–Crippen MR) is 75.4 cm³/mol. The maximum Gasteiger partial charge on any atom is 0.136 e. The Morgan fingerprint density at radius 1 is 1.21 bits per heavy atom. The number of nitriles is 1. The van der Waals surface area contributed by atoms with Gasteiger partial charge in [-0.1, -0.05) is 6.07 Å². The van der Waals surface area contributed by atoms with Crippen LogP contribution in [0.15, 0.2) is 47.4 Å². The number of hydrogen-bond acceptors (Lipinski definition) is 4. The Balaban J connectivity index is 2.07. The predicted octanol–water partition coefficient (Wildman–Crippen LogP) is 3.56. The summed E-state index contributed by atoms with van der Waals surface area (Å²) in [5.74, 6) is 1.66. The lowest BCUT2D eigenvalue weighted by Crippen LogP contribution is -1.90. The third-order valence-corrected chi connectivity index (χ3v) is 3.71. The van der Waals surface area contributed by atoms with Crippen LogP contribution in [0.3, 0.4) is 0 Å². The second kappa shape index (κ2) is 6.17. The van der Waals surface area contributed by atoms with E-state index < -0.39 is 0 Å². The fraction of sp³-hybridized carbons (Fsp3) is 0.133. The lowest BCUT2D eigenvalue weighted by atomic mass is 10.1. The first-order valence-electron chi connectivity index (χ1n) is 5.72. The molecule has 19 heavy (non-hydrogen) atoms. The van der Waals surface area contributed by atoms with Crippen molar-refractivity contribution in [3.63, 3.8) is 0 Å². The van der Waals surface area contributed by atoms with Crippen LogP contribution in [0.2, 0.25) is 0 Å². The smallest absolute Gasteiger partial charge is 0.136 e. The van der Waals surface area contributed by atoms with Crippen LogP contribution in [0.1, 0.15) is 11.1 Å². The van der Waals surface area contributed by atoms with Crippen LogP contribution in [0.5, 0.6) is 11.5 Å². The van der Waals surface area contributed by atoms with Crippen LogP contribution in [0, 0.1) is 11.3 Å². The van der Waals surface area contributed by atoms with E-state index in [1.165, 1.54) is 0 Å². The van der Waals surface area contributed by atoms with Crippen LogP contribution >= 0.6 is 11.8 Å². The molecule has 0 aliphatic heterocycles. The van der Waals surface area contributed by atoms with E-state index in [-0.39, 0.29) is 5.75 Å². The fourth-order valence-corrected chi connectivity index (χ4v) is 2.47. The fourth-order valence-electron chi connectivity index (χ4n) is 1.63. The van der Waals surface area contributed by atoms with Crippen molar-refractivity contribution in [2.75, 3.05) is 7.11 Å². The van der Waals surface area contributed by atoms with Crippen molar-refractivity contribution in [2.24, 2.45) is 0 Å². The average molecular weight is 271 g/mol. The van der Waals surface area contributed by atoms with E-state index in [1.54, 1.807) is 37.1 Å². The molecule has 2 rings (SSSR count). The van der Waals surface area contributed by atoms with Gasteiger partial charge in [-0.15, -0.1) is 11.8 Å². The summed E-state index contributed by atoms with van der Waals surface area (Å²) in [7, 11) is 1.56. The number of aromatic hydroxyl groups is 1. The topological polar surface area (TPSA) is 53.2 Å². The Kier molecular flexibility index (Phi) is 4.32. The van der Waals surface area contributed by atoms with Gasteiger partial charge in [-0.2, -0.15) is 5.26 Å². The van der Waals surface area contributed by atoms with Gasteiger partial charge < -0.3 is 9.84 Å². The molecule has 4 heteroatoms. The van der Waals surface area contributed by atoms with Crippen LogP contribution in [-0.2, 0) is 5.75 Å². The maximum atomic E-state index is 9.21. The van der Waals surface area contributed by atoms with Crippen LogP contribution < -0.4 is 4.74 Å². The first kappa shape index (κ1) is 13.3. The molecule has 1 N–H and O–H groups in total. The summed E-state index contributed by atoms with van der Waals surface area (Å²) in [6.07, 6.45) is 0. The number of phenols is 1. The Hall–Kier alpha value is -2.12. The number of benzene rings is 2. The minimum Gasteiger partial charge on any atom is -0.508 e. The molecule has 3 nitrogen and oxygen atoms in total. The quantitative estimate of drug-likeness (QED) is 0.864. The maximum absolute atomic E-state index is 9.21. The van der Waals surface area contributed by atoms with E-state index in [4.69, 9.17) is 10.00 Å². The molecule has 0 amide bonds. The molecule has 0 fully saturated rings. The summed E-state index contributed by atoms with van der Waals surface area (Å²) in [5, 5.41) is 18.1. The summed E-state index contributed by atoms with van der Waals surface area (Å²) in [6.45, 7) is 0. The van der Waals surface area contributed by atoms with E-state index >= 15 is 0 Å². The molecule has 0 spiro atoms. The summed E-state index contributed by atoms with van der Waals surface area (Å²) in [4.78, 5) is 1.08. The van der Waals surface area contributed by atoms with Crippen molar-refractivity contribution >= 4 is 11.8 Å². The van der Waals surface area contributed by atoms with E-state index in [2.05, 4.69) is 6.07 Å². The second-order valence-electron chi connectivity index (χ2n) is 3.93. The first-order chi connectivity index (χ1) is 9.22. The molecule has 0 aromatic heterocycles. The normalized spacial score (nSPS) is 9.89. The molecule has 0 aliphatic carbocycles. The summed E-state index contributed by atoms with van der Waals surface area (Å²) < 4.78 is 5.18. The van der Waals surface area contributed by atoms with Crippen molar-refractivity contribution in [1.29, 1.82) is 5.26 Å². The van der Waals surface area contributed by atoms with Gasteiger partial charge in [-0.25, -0.2) is 0 Å². The van der Waals surface area contributed by atoms with Gasteiger partial charge >= 0.3 is 0 Å². The summed E-state index contributed by atoms with van der Waals surface area (Å²) >= 11 is 1.67. The molecule has 2 aromatic rings. The van der Waals surface area contributed by atoms with Gasteiger partial charge in [0.1, 0.15) is 17.6 Å². The lowest BCUT2D eigenvalue weighted by molar-refractivity contribution is 0.413. The molecule has 2 aromatic carbocycles. The first-order valence-corrected chi connectivity index (χ1v) is 6.70. The highest BCUT2D eigenvalue weighted by atomic mass is 32.2. The van der Waals surface area contributed by atoms with Gasteiger partial charge in [-0.05, 0) is 42.0 Å². The standard InChI is InChI=1S/C15H13NO2S/c1-18-15-8-11(2-3-12(15)9-16)10-19-14-6-4-13(17)5-7-14/h2-8,17H,10H2,1H3. The molecule has 0 heterocycles. The molecule has 0 unspecified atom stereocenters. The molecular weight excluding hydrogens is 258 g/mol. The molecule has 0 saturated carbocycles. The highest BCUT2D eigenvalue weighted by Gasteiger charge is 2.04. The molecule has 0 bridgehead atoms. The molecule has 96 valence electrons. The zero-order chi connectivity index (χ0) is 13.7. The third kappa shape index (κ3) is 3.43. The minimum absolute atomic E-state index is 0.268. The molecule has 0 atom stereocenters. The van der Waals surface area contributed by atoms with Crippen molar-refractivity contribution in [3.8, 4) is 17.6 Å². The third-order valence-electron chi connectivity index (χ3n) is 2.63. The molecule has 0 saturated heterocycles. The van der Waals surface area contributed by atoms with Gasteiger partial charge in [0.25, 0.3) is 0 Å². The average Bonchev–Trinajstić information content (AvgIpc) is 2.46. The van der Waals surface area contributed by atoms with Crippen molar-refractivity contribution in [3.05, 3.63) is 53.6 Å². The van der Waals surface area contributed by atoms with Crippen LogP contribution in [0.4, 0.5) is 0 Å². The number of phenolic OH excluding ortho intramolecular Hbond substituents is 1. The number of hydrogen-bond donors (Lipinski definition) is 1. The van der Waals surface area contributed by atoms with Gasteiger partial charge in [0.15, 0.2) is 0 Å². The monoisotopic (exact) mass is 271 g/mol. The van der Waals surface area contributed by atoms with Gasteiger partial charge in [-0.3, -0.25) is 0 Å². The number of thioether (sulfide) groups is 1. The molecule has 0 aliphatic rings. The highest BCUT2D eigenvalue weighted by Crippen LogP contribution is 2.27. The zero-order valence-electron chi connectivity index (χ0n) is 10.5. The van der Waals surface area contributed by atoms with Crippen LogP contribution in [-0.4, -0.2) is 12.2 Å². The Labute approximate surface area is 116 Å². The highest BCUT2D eigenvalue weighted by molar-refractivity contribution is 7.98. The molecule has 0 radical (unpaired) electrons. The van der Waals surface area contributed by atoms with E-state index in [9.17, 15) is 5.11 Å². The second-order valence-corrected chi connectivity index (χ2v) is 4.98. The largest absolute Gasteiger partial charge is 0.508 e. The van der Waals surface area contributed by atoms with E-state index in [0.29, 0.717) is 11.3 Å². The molecular formula is C15H13NO2S. The van der Waals surface area contributed by atoms with Gasteiger partial charge in [0.2, 0.25) is 0 Å². The minimum atomic E-state index is 0.268. The van der Waals surface area contributed by atoms with Gasteiger partial charge in [0.05, 0.1) is 12.7 Å². The van der Waals surface area contributed by atoms with Crippen molar-refractivity contribution in [2.45, 2.75) is 10.6 Å². The number of ether oxygens (including phenoxy) is 1.